The van der Waals surface area contributed by atoms with Gasteiger partial charge in [-0.05, 0) is 19.7 Å². The van der Waals surface area contributed by atoms with Crippen LogP contribution in [-0.2, 0) is 0 Å². The van der Waals surface area contributed by atoms with Crippen molar-refractivity contribution < 1.29 is 0 Å². The lowest BCUT2D eigenvalue weighted by atomic mass is 10.1. The zero-order chi connectivity index (χ0) is 10.8. The number of hydrogen-bond acceptors (Lipinski definition) is 3. The normalized spacial score (nSPS) is 13.5. The Labute approximate surface area is 93.6 Å². The highest BCUT2D eigenvalue weighted by Gasteiger charge is 2.11. The molecule has 2 nitrogen and oxygen atoms in total. The van der Waals surface area contributed by atoms with Gasteiger partial charge in [-0.3, -0.25) is 0 Å². The lowest BCUT2D eigenvalue weighted by Crippen LogP contribution is -2.39. The van der Waals surface area contributed by atoms with Crippen LogP contribution in [0.15, 0.2) is 0 Å². The summed E-state index contributed by atoms with van der Waals surface area (Å²) in [4.78, 5) is 2.41. The molecular formula is C11H26N2S. The molecule has 0 heterocycles. The van der Waals surface area contributed by atoms with Gasteiger partial charge in [0.05, 0.1) is 0 Å². The molecule has 86 valence electrons. The van der Waals surface area contributed by atoms with Gasteiger partial charge in [0, 0.05) is 24.9 Å². The molecule has 0 aliphatic heterocycles. The van der Waals surface area contributed by atoms with E-state index in [2.05, 4.69) is 25.1 Å². The van der Waals surface area contributed by atoms with Gasteiger partial charge >= 0.3 is 0 Å². The molecule has 1 unspecified atom stereocenters. The zero-order valence-corrected chi connectivity index (χ0v) is 10.8. The first kappa shape index (κ1) is 14.3. The van der Waals surface area contributed by atoms with Crippen molar-refractivity contribution in [1.29, 1.82) is 0 Å². The Hall–Kier alpha value is 0.270. The van der Waals surface area contributed by atoms with Crippen molar-refractivity contribution in [3.8, 4) is 0 Å². The SMILES string of the molecule is CCCCCC(CN)N(C)CCSC. The topological polar surface area (TPSA) is 29.3 Å². The van der Waals surface area contributed by atoms with Crippen molar-refractivity contribution in [1.82, 2.24) is 4.90 Å². The fourth-order valence-corrected chi connectivity index (χ4v) is 2.04. The molecule has 0 aromatic heterocycles. The first-order valence-corrected chi connectivity index (χ1v) is 7.04. The second-order valence-corrected chi connectivity index (χ2v) is 4.84. The molecule has 0 rings (SSSR count). The smallest absolute Gasteiger partial charge is 0.0215 e. The highest BCUT2D eigenvalue weighted by atomic mass is 32.2. The van der Waals surface area contributed by atoms with Gasteiger partial charge in [0.25, 0.3) is 0 Å². The first-order valence-electron chi connectivity index (χ1n) is 5.65. The molecular weight excluding hydrogens is 192 g/mol. The first-order chi connectivity index (χ1) is 6.76. The Morgan fingerprint density at radius 3 is 2.57 bits per heavy atom. The molecule has 0 bridgehead atoms. The summed E-state index contributed by atoms with van der Waals surface area (Å²) in [6, 6.07) is 0.591. The van der Waals surface area contributed by atoms with E-state index in [9.17, 15) is 0 Å². The second-order valence-electron chi connectivity index (χ2n) is 3.86. The summed E-state index contributed by atoms with van der Waals surface area (Å²) in [5, 5.41) is 0. The maximum absolute atomic E-state index is 5.78. The number of rotatable bonds is 9. The molecule has 14 heavy (non-hydrogen) atoms. The third-order valence-electron chi connectivity index (χ3n) is 2.68. The maximum atomic E-state index is 5.78. The van der Waals surface area contributed by atoms with Crippen molar-refractivity contribution in [3.63, 3.8) is 0 Å². The number of likely N-dealkylation sites (N-methyl/N-ethyl adjacent to an activating group) is 1. The zero-order valence-electron chi connectivity index (χ0n) is 9.96. The highest BCUT2D eigenvalue weighted by Crippen LogP contribution is 2.08. The summed E-state index contributed by atoms with van der Waals surface area (Å²) in [5.74, 6) is 1.21. The Kier molecular flexibility index (Phi) is 10.0. The van der Waals surface area contributed by atoms with Crippen molar-refractivity contribution in [2.75, 3.05) is 32.1 Å². The van der Waals surface area contributed by atoms with Crippen LogP contribution < -0.4 is 5.73 Å². The van der Waals surface area contributed by atoms with Gasteiger partial charge in [-0.1, -0.05) is 26.2 Å². The Morgan fingerprint density at radius 2 is 2.07 bits per heavy atom. The number of thioether (sulfide) groups is 1. The molecule has 0 fully saturated rings. The summed E-state index contributed by atoms with van der Waals surface area (Å²) in [5.41, 5.74) is 5.78. The number of nitrogens with zero attached hydrogens (tertiary/aromatic N) is 1. The lowest BCUT2D eigenvalue weighted by molar-refractivity contribution is 0.244. The number of unbranched alkanes of at least 4 members (excludes halogenated alkanes) is 2. The van der Waals surface area contributed by atoms with E-state index in [0.29, 0.717) is 6.04 Å². The predicted octanol–water partition coefficient (Wildman–Crippen LogP) is 2.19. The van der Waals surface area contributed by atoms with E-state index in [-0.39, 0.29) is 0 Å². The monoisotopic (exact) mass is 218 g/mol. The van der Waals surface area contributed by atoms with Crippen molar-refractivity contribution in [3.05, 3.63) is 0 Å². The summed E-state index contributed by atoms with van der Waals surface area (Å²) < 4.78 is 0. The average molecular weight is 218 g/mol. The maximum Gasteiger partial charge on any atom is 0.0215 e. The van der Waals surface area contributed by atoms with E-state index in [1.807, 2.05) is 11.8 Å². The molecule has 2 N–H and O–H groups in total. The van der Waals surface area contributed by atoms with E-state index < -0.39 is 0 Å². The summed E-state index contributed by atoms with van der Waals surface area (Å²) in [7, 11) is 2.19. The summed E-state index contributed by atoms with van der Waals surface area (Å²) in [6.45, 7) is 4.21. The van der Waals surface area contributed by atoms with E-state index in [1.165, 1.54) is 31.4 Å². The summed E-state index contributed by atoms with van der Waals surface area (Å²) in [6.07, 6.45) is 7.37. The van der Waals surface area contributed by atoms with Crippen LogP contribution in [0.1, 0.15) is 32.6 Å². The molecule has 0 saturated heterocycles. The van der Waals surface area contributed by atoms with Gasteiger partial charge in [-0.2, -0.15) is 11.8 Å². The molecule has 0 amide bonds. The minimum absolute atomic E-state index is 0.591. The molecule has 0 aromatic rings. The molecule has 0 saturated carbocycles. The van der Waals surface area contributed by atoms with Crippen LogP contribution in [0.2, 0.25) is 0 Å². The quantitative estimate of drug-likeness (QED) is 0.602. The van der Waals surface area contributed by atoms with E-state index in [1.54, 1.807) is 0 Å². The molecule has 3 heteroatoms. The van der Waals surface area contributed by atoms with Crippen LogP contribution in [0.3, 0.4) is 0 Å². The molecule has 1 atom stereocenters. The highest BCUT2D eigenvalue weighted by molar-refractivity contribution is 7.98. The number of nitrogens with two attached hydrogens (primary N) is 1. The van der Waals surface area contributed by atoms with Gasteiger partial charge < -0.3 is 10.6 Å². The van der Waals surface area contributed by atoms with Gasteiger partial charge in [0.2, 0.25) is 0 Å². The summed E-state index contributed by atoms with van der Waals surface area (Å²) >= 11 is 1.90. The predicted molar refractivity (Wildman–Crippen MR) is 68.0 cm³/mol. The Balaban J connectivity index is 3.62. The van der Waals surface area contributed by atoms with Crippen LogP contribution in [0, 0.1) is 0 Å². The molecule has 0 spiro atoms. The van der Waals surface area contributed by atoms with Gasteiger partial charge in [0.15, 0.2) is 0 Å². The molecule has 0 aliphatic rings. The van der Waals surface area contributed by atoms with Gasteiger partial charge in [-0.25, -0.2) is 0 Å². The van der Waals surface area contributed by atoms with Crippen LogP contribution in [-0.4, -0.2) is 43.1 Å². The van der Waals surface area contributed by atoms with Crippen molar-refractivity contribution in [2.24, 2.45) is 5.73 Å². The number of hydrogen-bond donors (Lipinski definition) is 1. The van der Waals surface area contributed by atoms with E-state index in [4.69, 9.17) is 5.73 Å². The fraction of sp³-hybridized carbons (Fsp3) is 1.00. The molecule has 0 aliphatic carbocycles. The second kappa shape index (κ2) is 9.81. The van der Waals surface area contributed by atoms with Crippen LogP contribution >= 0.6 is 11.8 Å². The molecule has 0 aromatic carbocycles. The van der Waals surface area contributed by atoms with Gasteiger partial charge in [0.1, 0.15) is 0 Å². The van der Waals surface area contributed by atoms with E-state index in [0.717, 1.165) is 13.1 Å². The lowest BCUT2D eigenvalue weighted by Gasteiger charge is -2.26. The van der Waals surface area contributed by atoms with Crippen LogP contribution in [0.5, 0.6) is 0 Å². The van der Waals surface area contributed by atoms with E-state index >= 15 is 0 Å². The molecule has 0 radical (unpaired) electrons. The Morgan fingerprint density at radius 1 is 1.36 bits per heavy atom. The van der Waals surface area contributed by atoms with Crippen LogP contribution in [0.4, 0.5) is 0 Å². The average Bonchev–Trinajstić information content (AvgIpc) is 2.21. The van der Waals surface area contributed by atoms with Crippen molar-refractivity contribution in [2.45, 2.75) is 38.6 Å². The van der Waals surface area contributed by atoms with Crippen LogP contribution in [0.25, 0.3) is 0 Å². The van der Waals surface area contributed by atoms with Gasteiger partial charge in [-0.15, -0.1) is 0 Å². The third-order valence-corrected chi connectivity index (χ3v) is 3.28. The largest absolute Gasteiger partial charge is 0.329 e. The third kappa shape index (κ3) is 6.68. The van der Waals surface area contributed by atoms with Crippen molar-refractivity contribution >= 4 is 11.8 Å². The Bertz CT molecular complexity index is 120. The minimum atomic E-state index is 0.591. The fourth-order valence-electron chi connectivity index (χ4n) is 1.57. The minimum Gasteiger partial charge on any atom is -0.329 e. The standard InChI is InChI=1S/C11H26N2S/c1-4-5-6-7-11(10-12)13(2)8-9-14-3/h11H,4-10,12H2,1-3H3.